The average molecular weight is 411 g/mol. The summed E-state index contributed by atoms with van der Waals surface area (Å²) in [6, 6.07) is 2.12. The molecule has 5 nitrogen and oxygen atoms in total. The molecule has 2 aromatic rings. The van der Waals surface area contributed by atoms with Crippen molar-refractivity contribution in [2.45, 2.75) is 31.8 Å². The van der Waals surface area contributed by atoms with Gasteiger partial charge in [0.15, 0.2) is 0 Å². The van der Waals surface area contributed by atoms with Crippen molar-refractivity contribution in [3.8, 4) is 0 Å². The molecule has 2 aromatic heterocycles. The molecule has 0 aliphatic carbocycles. The van der Waals surface area contributed by atoms with Gasteiger partial charge in [0.05, 0.1) is 21.9 Å². The van der Waals surface area contributed by atoms with Gasteiger partial charge in [0, 0.05) is 19.6 Å². The van der Waals surface area contributed by atoms with Crippen LogP contribution in [0.15, 0.2) is 16.2 Å². The van der Waals surface area contributed by atoms with Crippen molar-refractivity contribution in [1.29, 1.82) is 0 Å². The molecule has 0 bridgehead atoms. The van der Waals surface area contributed by atoms with Gasteiger partial charge >= 0.3 is 0 Å². The normalized spacial score (nSPS) is 22.5. The Morgan fingerprint density at radius 3 is 2.96 bits per heavy atom. The first-order valence-electron chi connectivity index (χ1n) is 8.78. The molecule has 0 spiro atoms. The zero-order valence-electron chi connectivity index (χ0n) is 13.8. The predicted molar refractivity (Wildman–Crippen MR) is 102 cm³/mol. The highest BCUT2D eigenvalue weighted by Gasteiger charge is 2.26. The number of likely N-dealkylation sites (tertiary alicyclic amines) is 1. The van der Waals surface area contributed by atoms with Gasteiger partial charge in [-0.15, -0.1) is 11.3 Å². The van der Waals surface area contributed by atoms with Gasteiger partial charge in [-0.2, -0.15) is 0 Å². The van der Waals surface area contributed by atoms with E-state index in [9.17, 15) is 0 Å². The Balaban J connectivity index is 1.32. The van der Waals surface area contributed by atoms with Crippen LogP contribution in [-0.4, -0.2) is 60.3 Å². The molecule has 4 rings (SSSR count). The van der Waals surface area contributed by atoms with Crippen molar-refractivity contribution in [2.75, 3.05) is 44.2 Å². The number of rotatable bonds is 5. The van der Waals surface area contributed by atoms with Gasteiger partial charge in [-0.05, 0) is 54.3 Å². The van der Waals surface area contributed by atoms with E-state index in [1.807, 2.05) is 0 Å². The van der Waals surface area contributed by atoms with Gasteiger partial charge in [0.25, 0.3) is 0 Å². The number of ether oxygens (including phenoxy) is 1. The molecule has 2 aliphatic heterocycles. The van der Waals surface area contributed by atoms with E-state index in [4.69, 9.17) is 4.74 Å². The minimum atomic E-state index is 0.321. The standard InChI is InChI=1S/C17H23BrN4OS/c18-15-10-14-16(19-12-20-17(14)24-15)22-7-4-13(11-22)23-9-8-21-5-2-1-3-6-21/h10,12-13H,1-9,11H2. The molecule has 1 unspecified atom stereocenters. The predicted octanol–water partition coefficient (Wildman–Crippen LogP) is 3.54. The van der Waals surface area contributed by atoms with Crippen molar-refractivity contribution in [2.24, 2.45) is 0 Å². The van der Waals surface area contributed by atoms with Crippen LogP contribution in [0.1, 0.15) is 25.7 Å². The van der Waals surface area contributed by atoms with Crippen molar-refractivity contribution >= 4 is 43.3 Å². The molecule has 130 valence electrons. The minimum Gasteiger partial charge on any atom is -0.375 e. The van der Waals surface area contributed by atoms with E-state index < -0.39 is 0 Å². The molecule has 0 N–H and O–H groups in total. The maximum atomic E-state index is 6.14. The topological polar surface area (TPSA) is 41.5 Å². The fraction of sp³-hybridized carbons (Fsp3) is 0.647. The largest absolute Gasteiger partial charge is 0.375 e. The van der Waals surface area contributed by atoms with Crippen molar-refractivity contribution in [3.63, 3.8) is 0 Å². The summed E-state index contributed by atoms with van der Waals surface area (Å²) in [6.45, 7) is 6.35. The Morgan fingerprint density at radius 1 is 1.21 bits per heavy atom. The summed E-state index contributed by atoms with van der Waals surface area (Å²) in [5.74, 6) is 1.05. The summed E-state index contributed by atoms with van der Waals surface area (Å²) in [6.07, 6.45) is 7.15. The summed E-state index contributed by atoms with van der Waals surface area (Å²) >= 11 is 5.21. The number of anilines is 1. The number of fused-ring (bicyclic) bond motifs is 1. The molecular weight excluding hydrogens is 388 g/mol. The Labute approximate surface area is 155 Å². The lowest BCUT2D eigenvalue weighted by Crippen LogP contribution is -2.34. The Kier molecular flexibility index (Phi) is 5.31. The highest BCUT2D eigenvalue weighted by atomic mass is 79.9. The molecule has 24 heavy (non-hydrogen) atoms. The smallest absolute Gasteiger partial charge is 0.140 e. The van der Waals surface area contributed by atoms with E-state index in [1.165, 1.54) is 32.4 Å². The molecule has 0 aromatic carbocycles. The quantitative estimate of drug-likeness (QED) is 0.753. The van der Waals surface area contributed by atoms with Gasteiger partial charge in [-0.25, -0.2) is 9.97 Å². The third-order valence-corrected chi connectivity index (χ3v) is 6.48. The first-order valence-corrected chi connectivity index (χ1v) is 10.4. The van der Waals surface area contributed by atoms with Gasteiger partial charge in [0.1, 0.15) is 17.0 Å². The zero-order valence-corrected chi connectivity index (χ0v) is 16.2. The Bertz CT molecular complexity index is 688. The van der Waals surface area contributed by atoms with Crippen molar-refractivity contribution < 1.29 is 4.74 Å². The summed E-state index contributed by atoms with van der Waals surface area (Å²) in [7, 11) is 0. The van der Waals surface area contributed by atoms with Crippen LogP contribution in [0.25, 0.3) is 10.2 Å². The van der Waals surface area contributed by atoms with Gasteiger partial charge in [-0.3, -0.25) is 0 Å². The van der Waals surface area contributed by atoms with E-state index in [0.717, 1.165) is 52.5 Å². The monoisotopic (exact) mass is 410 g/mol. The minimum absolute atomic E-state index is 0.321. The third-order valence-electron chi connectivity index (χ3n) is 4.93. The second kappa shape index (κ2) is 7.64. The van der Waals surface area contributed by atoms with E-state index in [-0.39, 0.29) is 0 Å². The third kappa shape index (κ3) is 3.74. The van der Waals surface area contributed by atoms with Crippen LogP contribution in [0.4, 0.5) is 5.82 Å². The summed E-state index contributed by atoms with van der Waals surface area (Å²) in [5, 5.41) is 1.14. The van der Waals surface area contributed by atoms with Crippen LogP contribution in [0.2, 0.25) is 0 Å². The number of nitrogens with zero attached hydrogens (tertiary/aromatic N) is 4. The molecule has 0 saturated carbocycles. The maximum absolute atomic E-state index is 6.14. The molecular formula is C17H23BrN4OS. The number of piperidine rings is 1. The lowest BCUT2D eigenvalue weighted by molar-refractivity contribution is 0.0467. The number of hydrogen-bond donors (Lipinski definition) is 0. The molecule has 1 atom stereocenters. The number of halogens is 1. The van der Waals surface area contributed by atoms with Crippen LogP contribution < -0.4 is 4.90 Å². The Hall–Kier alpha value is -0.760. The van der Waals surface area contributed by atoms with Crippen LogP contribution >= 0.6 is 27.3 Å². The highest BCUT2D eigenvalue weighted by Crippen LogP contribution is 2.34. The van der Waals surface area contributed by atoms with Crippen molar-refractivity contribution in [3.05, 3.63) is 16.2 Å². The van der Waals surface area contributed by atoms with Gasteiger partial charge in [0.2, 0.25) is 0 Å². The summed E-state index contributed by atoms with van der Waals surface area (Å²) in [4.78, 5) is 14.8. The number of thiophene rings is 1. The molecule has 2 saturated heterocycles. The highest BCUT2D eigenvalue weighted by molar-refractivity contribution is 9.11. The fourth-order valence-electron chi connectivity index (χ4n) is 3.65. The van der Waals surface area contributed by atoms with Crippen LogP contribution in [-0.2, 0) is 4.74 Å². The summed E-state index contributed by atoms with van der Waals surface area (Å²) in [5.41, 5.74) is 0. The van der Waals surface area contributed by atoms with Crippen molar-refractivity contribution in [1.82, 2.24) is 14.9 Å². The second-order valence-electron chi connectivity index (χ2n) is 6.60. The molecule has 2 fully saturated rings. The van der Waals surface area contributed by atoms with Gasteiger partial charge in [-0.1, -0.05) is 6.42 Å². The lowest BCUT2D eigenvalue weighted by atomic mass is 10.1. The maximum Gasteiger partial charge on any atom is 0.140 e. The fourth-order valence-corrected chi connectivity index (χ4v) is 5.06. The molecule has 4 heterocycles. The van der Waals surface area contributed by atoms with Crippen LogP contribution in [0.5, 0.6) is 0 Å². The number of hydrogen-bond acceptors (Lipinski definition) is 6. The lowest BCUT2D eigenvalue weighted by Gasteiger charge is -2.26. The molecule has 2 aliphatic rings. The number of aromatic nitrogens is 2. The molecule has 0 amide bonds. The molecule has 7 heteroatoms. The summed E-state index contributed by atoms with van der Waals surface area (Å²) < 4.78 is 7.25. The van der Waals surface area contributed by atoms with E-state index in [0.29, 0.717) is 6.10 Å². The molecule has 0 radical (unpaired) electrons. The zero-order chi connectivity index (χ0) is 16.4. The van der Waals surface area contributed by atoms with E-state index >= 15 is 0 Å². The average Bonchev–Trinajstić information content (AvgIpc) is 3.21. The van der Waals surface area contributed by atoms with Crippen LogP contribution in [0, 0.1) is 0 Å². The van der Waals surface area contributed by atoms with Gasteiger partial charge < -0.3 is 14.5 Å². The first kappa shape index (κ1) is 16.7. The van der Waals surface area contributed by atoms with E-state index in [2.05, 4.69) is 41.8 Å². The SMILES string of the molecule is Brc1cc2c(N3CCC(OCCN4CCCCC4)C3)ncnc2s1. The van der Waals surface area contributed by atoms with Crippen LogP contribution in [0.3, 0.4) is 0 Å². The van der Waals surface area contributed by atoms with E-state index in [1.54, 1.807) is 17.7 Å². The first-order chi connectivity index (χ1) is 11.8. The second-order valence-corrected chi connectivity index (χ2v) is 9.01. The Morgan fingerprint density at radius 2 is 2.08 bits per heavy atom.